The average Bonchev–Trinajstić information content (AvgIpc) is 2.92. The monoisotopic (exact) mass is 536 g/mol. The molecule has 1 saturated heterocycles. The zero-order valence-corrected chi connectivity index (χ0v) is 22.8. The summed E-state index contributed by atoms with van der Waals surface area (Å²) in [6.45, 7) is 11.3. The fourth-order valence-corrected chi connectivity index (χ4v) is 3.42. The summed E-state index contributed by atoms with van der Waals surface area (Å²) in [5.41, 5.74) is 2.07. The first kappa shape index (κ1) is 32.3. The Morgan fingerprint density at radius 1 is 0.892 bits per heavy atom. The van der Waals surface area contributed by atoms with E-state index in [-0.39, 0.29) is 25.0 Å². The van der Waals surface area contributed by atoms with Crippen LogP contribution in [0.2, 0.25) is 5.02 Å². The summed E-state index contributed by atoms with van der Waals surface area (Å²) in [7, 11) is 0. The van der Waals surface area contributed by atoms with Crippen molar-refractivity contribution in [1.29, 1.82) is 0 Å². The second-order valence-electron chi connectivity index (χ2n) is 8.11. The number of ether oxygens (including phenoxy) is 1. The Labute approximate surface area is 224 Å². The van der Waals surface area contributed by atoms with Crippen molar-refractivity contribution in [1.82, 2.24) is 4.90 Å². The van der Waals surface area contributed by atoms with E-state index in [9.17, 15) is 13.9 Å². The van der Waals surface area contributed by atoms with Crippen LogP contribution in [-0.2, 0) is 0 Å². The number of nitrogens with zero attached hydrogens (tertiary/aromatic N) is 2. The van der Waals surface area contributed by atoms with Gasteiger partial charge in [-0.1, -0.05) is 61.3 Å². The van der Waals surface area contributed by atoms with Crippen molar-refractivity contribution < 1.29 is 23.7 Å². The molecule has 1 aliphatic heterocycles. The van der Waals surface area contributed by atoms with Crippen molar-refractivity contribution in [2.45, 2.75) is 33.8 Å². The zero-order chi connectivity index (χ0) is 27.6. The summed E-state index contributed by atoms with van der Waals surface area (Å²) in [6.07, 6.45) is -0.500. The lowest BCUT2D eigenvalue weighted by molar-refractivity contribution is 0.102. The number of aliphatic hydroxyl groups excluding tert-OH is 2. The minimum Gasteiger partial charge on any atom is -0.491 e. The highest BCUT2D eigenvalue weighted by atomic mass is 35.5. The van der Waals surface area contributed by atoms with Crippen molar-refractivity contribution in [2.24, 2.45) is 0 Å². The molecule has 2 N–H and O–H groups in total. The molecule has 0 unspecified atom stereocenters. The lowest BCUT2D eigenvalue weighted by Crippen LogP contribution is -2.46. The van der Waals surface area contributed by atoms with Gasteiger partial charge in [-0.3, -0.25) is 4.90 Å². The highest BCUT2D eigenvalue weighted by Crippen LogP contribution is 2.30. The molecular weight excluding hydrogens is 498 g/mol. The second kappa shape index (κ2) is 18.5. The molecule has 4 rings (SSSR count). The van der Waals surface area contributed by atoms with Gasteiger partial charge in [0.1, 0.15) is 24.0 Å². The Morgan fingerprint density at radius 2 is 1.46 bits per heavy atom. The summed E-state index contributed by atoms with van der Waals surface area (Å²) >= 11 is 6.30. The first-order valence-corrected chi connectivity index (χ1v) is 12.8. The molecule has 0 aliphatic carbocycles. The van der Waals surface area contributed by atoms with Gasteiger partial charge in [0.05, 0.1) is 23.5 Å². The Bertz CT molecular complexity index is 963. The van der Waals surface area contributed by atoms with E-state index < -0.39 is 6.10 Å². The topological polar surface area (TPSA) is 56.2 Å². The van der Waals surface area contributed by atoms with Gasteiger partial charge >= 0.3 is 0 Å². The number of aryl methyl sites for hydroxylation is 1. The summed E-state index contributed by atoms with van der Waals surface area (Å²) in [5, 5.41) is 18.9. The van der Waals surface area contributed by atoms with Crippen LogP contribution in [0.3, 0.4) is 0 Å². The van der Waals surface area contributed by atoms with Crippen LogP contribution >= 0.6 is 11.6 Å². The van der Waals surface area contributed by atoms with Crippen molar-refractivity contribution in [3.8, 4) is 5.75 Å². The van der Waals surface area contributed by atoms with Gasteiger partial charge in [-0.25, -0.2) is 8.78 Å². The number of rotatable bonds is 5. The number of hydrogen-bond acceptors (Lipinski definition) is 5. The first-order chi connectivity index (χ1) is 17.8. The highest BCUT2D eigenvalue weighted by Gasteiger charge is 2.18. The molecule has 0 aromatic heterocycles. The van der Waals surface area contributed by atoms with Gasteiger partial charge in [0.2, 0.25) is 0 Å². The van der Waals surface area contributed by atoms with E-state index in [0.29, 0.717) is 10.8 Å². The maximum absolute atomic E-state index is 12.1. The fourth-order valence-electron chi connectivity index (χ4n) is 3.13. The number of benzene rings is 3. The molecular formula is C29H39ClF2N2O3. The van der Waals surface area contributed by atoms with Crippen molar-refractivity contribution in [2.75, 3.05) is 44.4 Å². The predicted octanol–water partition coefficient (Wildman–Crippen LogP) is 6.16. The van der Waals surface area contributed by atoms with Gasteiger partial charge in [0, 0.05) is 32.2 Å². The SMILES string of the molecule is CC.C[C@@H](O)COc1ccc(N2CCN(CO)CC2)c(Cl)c1.Cc1ccc(F)cc1.Fc1ccccc1. The molecule has 204 valence electrons. The third kappa shape index (κ3) is 13.4. The molecule has 0 bridgehead atoms. The minimum absolute atomic E-state index is 0.105. The van der Waals surface area contributed by atoms with Crippen LogP contribution in [-0.4, -0.2) is 60.7 Å². The Kier molecular flexibility index (Phi) is 16.2. The predicted molar refractivity (Wildman–Crippen MR) is 148 cm³/mol. The van der Waals surface area contributed by atoms with Gasteiger partial charge in [-0.2, -0.15) is 0 Å². The number of piperazine rings is 1. The van der Waals surface area contributed by atoms with E-state index in [1.807, 2.05) is 37.8 Å². The van der Waals surface area contributed by atoms with Gasteiger partial charge in [0.25, 0.3) is 0 Å². The summed E-state index contributed by atoms with van der Waals surface area (Å²) in [4.78, 5) is 4.19. The molecule has 8 heteroatoms. The normalized spacial score (nSPS) is 13.6. The van der Waals surface area contributed by atoms with Crippen molar-refractivity contribution in [3.05, 3.63) is 95.0 Å². The molecule has 1 atom stereocenters. The first-order valence-electron chi connectivity index (χ1n) is 12.4. The summed E-state index contributed by atoms with van der Waals surface area (Å²) in [6, 6.07) is 19.9. The van der Waals surface area contributed by atoms with Crippen LogP contribution in [0.25, 0.3) is 0 Å². The van der Waals surface area contributed by atoms with E-state index in [4.69, 9.17) is 21.4 Å². The largest absolute Gasteiger partial charge is 0.491 e. The third-order valence-corrected chi connectivity index (χ3v) is 5.37. The molecule has 3 aromatic rings. The molecule has 1 heterocycles. The van der Waals surface area contributed by atoms with Crippen molar-refractivity contribution in [3.63, 3.8) is 0 Å². The van der Waals surface area contributed by atoms with Gasteiger partial charge in [-0.05, 0) is 50.2 Å². The summed E-state index contributed by atoms with van der Waals surface area (Å²) < 4.78 is 29.4. The number of halogens is 3. The fraction of sp³-hybridized carbons (Fsp3) is 0.379. The zero-order valence-electron chi connectivity index (χ0n) is 22.1. The van der Waals surface area contributed by atoms with E-state index in [2.05, 4.69) is 4.90 Å². The van der Waals surface area contributed by atoms with E-state index in [0.717, 1.165) is 37.4 Å². The van der Waals surface area contributed by atoms with Crippen LogP contribution in [0.1, 0.15) is 26.3 Å². The van der Waals surface area contributed by atoms with Gasteiger partial charge in [-0.15, -0.1) is 0 Å². The number of hydrogen-bond donors (Lipinski definition) is 2. The quantitative estimate of drug-likeness (QED) is 0.409. The highest BCUT2D eigenvalue weighted by molar-refractivity contribution is 6.33. The molecule has 1 fully saturated rings. The molecule has 3 aromatic carbocycles. The van der Waals surface area contributed by atoms with E-state index in [1.165, 1.54) is 24.3 Å². The molecule has 37 heavy (non-hydrogen) atoms. The average molecular weight is 537 g/mol. The van der Waals surface area contributed by atoms with Crippen molar-refractivity contribution >= 4 is 17.3 Å². The van der Waals surface area contributed by atoms with E-state index >= 15 is 0 Å². The standard InChI is InChI=1S/C14H21ClN2O3.C7H7F.C6H5F.C2H6/c1-11(19)9-20-12-2-3-14(13(15)8-12)17-6-4-16(10-18)5-7-17;1-6-2-4-7(8)5-3-6;7-6-4-2-1-3-5-6;1-2/h2-3,8,11,18-19H,4-7,9-10H2,1H3;2-5H,1H3;1-5H;1-2H3/t11-;;;/m1.../s1. The molecule has 0 spiro atoms. The maximum Gasteiger partial charge on any atom is 0.123 e. The number of aliphatic hydroxyl groups is 2. The summed E-state index contributed by atoms with van der Waals surface area (Å²) in [5.74, 6) is 0.312. The lowest BCUT2D eigenvalue weighted by Gasteiger charge is -2.35. The Balaban J connectivity index is 0.000000328. The molecule has 5 nitrogen and oxygen atoms in total. The molecule has 0 saturated carbocycles. The van der Waals surface area contributed by atoms with Crippen LogP contribution < -0.4 is 9.64 Å². The van der Waals surface area contributed by atoms with Crippen LogP contribution in [0.4, 0.5) is 14.5 Å². The van der Waals surface area contributed by atoms with Gasteiger partial charge in [0.15, 0.2) is 0 Å². The Hall–Kier alpha value is -2.71. The third-order valence-electron chi connectivity index (χ3n) is 5.07. The molecule has 0 radical (unpaired) electrons. The minimum atomic E-state index is -0.500. The second-order valence-corrected chi connectivity index (χ2v) is 8.52. The molecule has 1 aliphatic rings. The molecule has 0 amide bonds. The van der Waals surface area contributed by atoms with Crippen LogP contribution in [0.15, 0.2) is 72.8 Å². The van der Waals surface area contributed by atoms with E-state index in [1.54, 1.807) is 43.3 Å². The lowest BCUT2D eigenvalue weighted by atomic mass is 10.2. The Morgan fingerprint density at radius 3 is 1.89 bits per heavy atom. The maximum atomic E-state index is 12.1. The number of anilines is 1. The smallest absolute Gasteiger partial charge is 0.123 e. The van der Waals surface area contributed by atoms with Crippen LogP contribution in [0, 0.1) is 18.6 Å². The van der Waals surface area contributed by atoms with Crippen LogP contribution in [0.5, 0.6) is 5.75 Å². The van der Waals surface area contributed by atoms with Gasteiger partial charge < -0.3 is 19.8 Å².